The fourth-order valence-electron chi connectivity index (χ4n) is 1.94. The van der Waals surface area contributed by atoms with E-state index in [1.807, 2.05) is 24.3 Å². The summed E-state index contributed by atoms with van der Waals surface area (Å²) >= 11 is 0. The molecule has 5 nitrogen and oxygen atoms in total. The standard InChI is InChI=1S/C12H15N3O2/c13-7-11(16)14-8-12(17)15-6-5-9-3-1-2-4-10(9)15/h1-4H,5-8,13H2,(H,14,16). The summed E-state index contributed by atoms with van der Waals surface area (Å²) in [4.78, 5) is 24.6. The largest absolute Gasteiger partial charge is 0.346 e. The first-order valence-corrected chi connectivity index (χ1v) is 5.57. The van der Waals surface area contributed by atoms with Gasteiger partial charge in [-0.25, -0.2) is 0 Å². The van der Waals surface area contributed by atoms with Gasteiger partial charge in [-0.05, 0) is 18.1 Å². The van der Waals surface area contributed by atoms with Crippen molar-refractivity contribution < 1.29 is 9.59 Å². The molecule has 0 atom stereocenters. The second kappa shape index (κ2) is 4.97. The first-order valence-electron chi connectivity index (χ1n) is 5.57. The van der Waals surface area contributed by atoms with Gasteiger partial charge in [0.25, 0.3) is 0 Å². The van der Waals surface area contributed by atoms with Crippen LogP contribution in [-0.2, 0) is 16.0 Å². The van der Waals surface area contributed by atoms with E-state index in [0.29, 0.717) is 6.54 Å². The molecule has 0 saturated carbocycles. The van der Waals surface area contributed by atoms with Crippen molar-refractivity contribution in [3.05, 3.63) is 29.8 Å². The maximum atomic E-state index is 11.9. The Bertz CT molecular complexity index is 445. The van der Waals surface area contributed by atoms with Crippen LogP contribution >= 0.6 is 0 Å². The van der Waals surface area contributed by atoms with Crippen molar-refractivity contribution in [3.63, 3.8) is 0 Å². The molecule has 0 unspecified atom stereocenters. The molecule has 0 spiro atoms. The zero-order valence-corrected chi connectivity index (χ0v) is 9.48. The zero-order valence-electron chi connectivity index (χ0n) is 9.48. The molecule has 90 valence electrons. The number of carbonyl (C=O) groups is 2. The van der Waals surface area contributed by atoms with Crippen LogP contribution in [0.4, 0.5) is 5.69 Å². The number of anilines is 1. The molecule has 1 aromatic carbocycles. The lowest BCUT2D eigenvalue weighted by Gasteiger charge is -2.17. The topological polar surface area (TPSA) is 75.4 Å². The highest BCUT2D eigenvalue weighted by atomic mass is 16.2. The van der Waals surface area contributed by atoms with Crippen LogP contribution in [0.2, 0.25) is 0 Å². The number of amides is 2. The Kier molecular flexibility index (Phi) is 3.39. The van der Waals surface area contributed by atoms with Crippen molar-refractivity contribution in [2.45, 2.75) is 6.42 Å². The van der Waals surface area contributed by atoms with E-state index in [9.17, 15) is 9.59 Å². The third-order valence-corrected chi connectivity index (χ3v) is 2.81. The van der Waals surface area contributed by atoms with Crippen LogP contribution in [0.25, 0.3) is 0 Å². The number of hydrogen-bond acceptors (Lipinski definition) is 3. The maximum Gasteiger partial charge on any atom is 0.246 e. The molecular formula is C12H15N3O2. The maximum absolute atomic E-state index is 11.9. The third-order valence-electron chi connectivity index (χ3n) is 2.81. The van der Waals surface area contributed by atoms with E-state index >= 15 is 0 Å². The fraction of sp³-hybridized carbons (Fsp3) is 0.333. The second-order valence-corrected chi connectivity index (χ2v) is 3.90. The van der Waals surface area contributed by atoms with Gasteiger partial charge in [-0.2, -0.15) is 0 Å². The minimum absolute atomic E-state index is 0.00433. The molecule has 17 heavy (non-hydrogen) atoms. The van der Waals surface area contributed by atoms with Crippen molar-refractivity contribution >= 4 is 17.5 Å². The molecule has 0 bridgehead atoms. The number of rotatable bonds is 3. The lowest BCUT2D eigenvalue weighted by Crippen LogP contribution is -2.41. The number of nitrogens with two attached hydrogens (primary N) is 1. The average Bonchev–Trinajstić information content (AvgIpc) is 2.79. The first kappa shape index (κ1) is 11.6. The van der Waals surface area contributed by atoms with Crippen molar-refractivity contribution in [1.29, 1.82) is 0 Å². The normalized spacial score (nSPS) is 13.4. The predicted molar refractivity (Wildman–Crippen MR) is 64.6 cm³/mol. The number of fused-ring (bicyclic) bond motifs is 1. The Morgan fingerprint density at radius 3 is 2.88 bits per heavy atom. The Labute approximate surface area is 99.6 Å². The molecule has 0 aliphatic carbocycles. The van der Waals surface area contributed by atoms with Crippen molar-refractivity contribution in [2.24, 2.45) is 5.73 Å². The highest BCUT2D eigenvalue weighted by molar-refractivity contribution is 5.98. The number of hydrogen-bond donors (Lipinski definition) is 2. The number of nitrogens with one attached hydrogen (secondary N) is 1. The van der Waals surface area contributed by atoms with Gasteiger partial charge in [0.2, 0.25) is 11.8 Å². The van der Waals surface area contributed by atoms with Crippen LogP contribution in [0.15, 0.2) is 24.3 Å². The van der Waals surface area contributed by atoms with Crippen LogP contribution in [0, 0.1) is 0 Å². The first-order chi connectivity index (χ1) is 8.22. The summed E-state index contributed by atoms with van der Waals surface area (Å²) in [5.74, 6) is -0.414. The van der Waals surface area contributed by atoms with Crippen molar-refractivity contribution in [2.75, 3.05) is 24.5 Å². The molecule has 0 aromatic heterocycles. The molecule has 1 aromatic rings. The Balaban J connectivity index is 2.00. The summed E-state index contributed by atoms with van der Waals surface area (Å²) in [7, 11) is 0. The van der Waals surface area contributed by atoms with Gasteiger partial charge in [0.05, 0.1) is 13.1 Å². The molecule has 2 rings (SSSR count). The molecule has 1 aliphatic heterocycles. The van der Waals surface area contributed by atoms with Crippen molar-refractivity contribution in [1.82, 2.24) is 5.32 Å². The Morgan fingerprint density at radius 1 is 1.35 bits per heavy atom. The molecule has 1 heterocycles. The van der Waals surface area contributed by atoms with Crippen LogP contribution in [-0.4, -0.2) is 31.4 Å². The molecule has 1 aliphatic rings. The van der Waals surface area contributed by atoms with Crippen LogP contribution in [0.5, 0.6) is 0 Å². The van der Waals surface area contributed by atoms with Gasteiger partial charge in [0, 0.05) is 12.2 Å². The van der Waals surface area contributed by atoms with E-state index < -0.39 is 0 Å². The summed E-state index contributed by atoms with van der Waals surface area (Å²) < 4.78 is 0. The van der Waals surface area contributed by atoms with Gasteiger partial charge in [-0.1, -0.05) is 18.2 Å². The molecular weight excluding hydrogens is 218 g/mol. The van der Waals surface area contributed by atoms with Crippen LogP contribution in [0.3, 0.4) is 0 Å². The molecule has 5 heteroatoms. The van der Waals surface area contributed by atoms with E-state index in [-0.39, 0.29) is 24.9 Å². The highest BCUT2D eigenvalue weighted by Crippen LogP contribution is 2.27. The monoisotopic (exact) mass is 233 g/mol. The molecule has 3 N–H and O–H groups in total. The highest BCUT2D eigenvalue weighted by Gasteiger charge is 2.23. The van der Waals surface area contributed by atoms with Gasteiger partial charge < -0.3 is 16.0 Å². The van der Waals surface area contributed by atoms with E-state index in [1.54, 1.807) is 4.90 Å². The van der Waals surface area contributed by atoms with E-state index in [1.165, 1.54) is 5.56 Å². The molecule has 0 saturated heterocycles. The van der Waals surface area contributed by atoms with E-state index in [0.717, 1.165) is 12.1 Å². The zero-order chi connectivity index (χ0) is 12.3. The number of benzene rings is 1. The summed E-state index contributed by atoms with van der Waals surface area (Å²) in [6.45, 7) is 0.588. The lowest BCUT2D eigenvalue weighted by molar-refractivity contribution is -0.124. The van der Waals surface area contributed by atoms with Gasteiger partial charge in [0.1, 0.15) is 0 Å². The minimum atomic E-state index is -0.314. The third kappa shape index (κ3) is 2.45. The lowest BCUT2D eigenvalue weighted by atomic mass is 10.2. The van der Waals surface area contributed by atoms with Gasteiger partial charge >= 0.3 is 0 Å². The minimum Gasteiger partial charge on any atom is -0.346 e. The molecule has 0 fully saturated rings. The van der Waals surface area contributed by atoms with Crippen molar-refractivity contribution in [3.8, 4) is 0 Å². The quantitative estimate of drug-likeness (QED) is 0.749. The second-order valence-electron chi connectivity index (χ2n) is 3.90. The smallest absolute Gasteiger partial charge is 0.246 e. The Morgan fingerprint density at radius 2 is 2.12 bits per heavy atom. The summed E-state index contributed by atoms with van der Waals surface area (Å²) in [5.41, 5.74) is 7.27. The van der Waals surface area contributed by atoms with Crippen LogP contribution < -0.4 is 16.0 Å². The Hall–Kier alpha value is -1.88. The average molecular weight is 233 g/mol. The summed E-state index contributed by atoms with van der Waals surface area (Å²) in [5, 5.41) is 2.48. The summed E-state index contributed by atoms with van der Waals surface area (Å²) in [6.07, 6.45) is 0.868. The summed E-state index contributed by atoms with van der Waals surface area (Å²) in [6, 6.07) is 7.80. The van der Waals surface area contributed by atoms with Gasteiger partial charge in [-0.15, -0.1) is 0 Å². The van der Waals surface area contributed by atoms with E-state index in [4.69, 9.17) is 5.73 Å². The van der Waals surface area contributed by atoms with E-state index in [2.05, 4.69) is 5.32 Å². The number of nitrogens with zero attached hydrogens (tertiary/aromatic N) is 1. The molecule has 2 amide bonds. The molecule has 0 radical (unpaired) electrons. The number of para-hydroxylation sites is 1. The SMILES string of the molecule is NCC(=O)NCC(=O)N1CCc2ccccc21. The van der Waals surface area contributed by atoms with Gasteiger partial charge in [-0.3, -0.25) is 9.59 Å². The predicted octanol–water partition coefficient (Wildman–Crippen LogP) is -0.349. The van der Waals surface area contributed by atoms with Gasteiger partial charge in [0.15, 0.2) is 0 Å². The fourth-order valence-corrected chi connectivity index (χ4v) is 1.94. The number of carbonyl (C=O) groups excluding carboxylic acids is 2. The van der Waals surface area contributed by atoms with Crippen LogP contribution in [0.1, 0.15) is 5.56 Å².